The molecule has 2 aliphatic heterocycles. The average Bonchev–Trinajstić information content (AvgIpc) is 2.79. The van der Waals surface area contributed by atoms with Crippen LogP contribution in [0.25, 0.3) is 0 Å². The predicted octanol–water partition coefficient (Wildman–Crippen LogP) is 4.26. The second-order valence-electron chi connectivity index (χ2n) is 8.03. The first kappa shape index (κ1) is 23.6. The van der Waals surface area contributed by atoms with Crippen molar-refractivity contribution in [2.75, 3.05) is 44.7 Å². The van der Waals surface area contributed by atoms with Crippen molar-refractivity contribution in [2.45, 2.75) is 31.7 Å². The second kappa shape index (κ2) is 11.0. The van der Waals surface area contributed by atoms with E-state index in [1.807, 2.05) is 4.90 Å². The number of hydrogen-bond donors (Lipinski definition) is 1. The lowest BCUT2D eigenvalue weighted by Gasteiger charge is -2.32. The van der Waals surface area contributed by atoms with Crippen molar-refractivity contribution in [3.8, 4) is 0 Å². The van der Waals surface area contributed by atoms with Gasteiger partial charge in [0.25, 0.3) is 5.56 Å². The Morgan fingerprint density at radius 3 is 2.71 bits per heavy atom. The third kappa shape index (κ3) is 6.02. The third-order valence-electron chi connectivity index (χ3n) is 5.86. The minimum absolute atomic E-state index is 0.0921. The van der Waals surface area contributed by atoms with Crippen molar-refractivity contribution in [1.29, 1.82) is 0 Å². The fourth-order valence-corrected chi connectivity index (χ4v) is 4.21. The van der Waals surface area contributed by atoms with Gasteiger partial charge < -0.3 is 10.1 Å². The average molecular weight is 455 g/mol. The summed E-state index contributed by atoms with van der Waals surface area (Å²) in [5, 5.41) is 7.68. The quantitative estimate of drug-likeness (QED) is 0.594. The molecular formula is C22H29ClF2N4O2. The number of rotatable bonds is 8. The molecule has 2 aliphatic rings. The second-order valence-corrected chi connectivity index (χ2v) is 8.41. The molecule has 0 saturated carbocycles. The summed E-state index contributed by atoms with van der Waals surface area (Å²) in [5.74, 6) is -1.11. The highest BCUT2D eigenvalue weighted by molar-refractivity contribution is 6.32. The molecule has 2 fully saturated rings. The molecule has 170 valence electrons. The van der Waals surface area contributed by atoms with Gasteiger partial charge in [0, 0.05) is 38.4 Å². The van der Waals surface area contributed by atoms with Crippen LogP contribution in [0.3, 0.4) is 0 Å². The largest absolute Gasteiger partial charge is 0.382 e. The van der Waals surface area contributed by atoms with Crippen LogP contribution in [0.2, 0.25) is 5.02 Å². The molecule has 0 aliphatic carbocycles. The standard InChI is InChI=1S/C22H29ClF2N4O2/c1-3-19(25)18(15(2)24)13-28-8-6-17(7-9-28)29-22(30)21(23)20(12-27-29)26-11-16-5-4-10-31-14-16/h3,12,16-17,26H,1-2,4-11,13-14H2/b19-18+/t16-/m0/s1. The predicted molar refractivity (Wildman–Crippen MR) is 119 cm³/mol. The Hall–Kier alpha value is -2.03. The van der Waals surface area contributed by atoms with E-state index in [1.165, 1.54) is 4.68 Å². The van der Waals surface area contributed by atoms with Gasteiger partial charge in [0.2, 0.25) is 0 Å². The maximum Gasteiger partial charge on any atom is 0.287 e. The molecule has 0 radical (unpaired) electrons. The number of halogens is 3. The molecule has 0 aromatic carbocycles. The zero-order chi connectivity index (χ0) is 22.4. The lowest BCUT2D eigenvalue weighted by molar-refractivity contribution is 0.0595. The number of anilines is 1. The molecular weight excluding hydrogens is 426 g/mol. The molecule has 0 amide bonds. The molecule has 0 unspecified atom stereocenters. The normalized spacial score (nSPS) is 21.5. The lowest BCUT2D eigenvalue weighted by atomic mass is 10.0. The molecule has 0 bridgehead atoms. The van der Waals surface area contributed by atoms with Gasteiger partial charge >= 0.3 is 0 Å². The van der Waals surface area contributed by atoms with E-state index >= 15 is 0 Å². The van der Waals surface area contributed by atoms with Crippen LogP contribution in [0.15, 0.2) is 47.5 Å². The summed E-state index contributed by atoms with van der Waals surface area (Å²) in [4.78, 5) is 14.7. The zero-order valence-corrected chi connectivity index (χ0v) is 18.3. The van der Waals surface area contributed by atoms with E-state index in [2.05, 4.69) is 23.6 Å². The van der Waals surface area contributed by atoms with Crippen molar-refractivity contribution in [2.24, 2.45) is 5.92 Å². The molecule has 1 aromatic rings. The SMILES string of the molecule is C=C/C(F)=C(/CN1CCC(n2ncc(NC[C@@H]3CCCOC3)c(Cl)c2=O)CC1)C(=C)F. The number of piperidine rings is 1. The summed E-state index contributed by atoms with van der Waals surface area (Å²) in [6, 6.07) is -0.118. The maximum atomic E-state index is 13.8. The van der Waals surface area contributed by atoms with Crippen LogP contribution in [0.1, 0.15) is 31.7 Å². The number of nitrogens with one attached hydrogen (secondary N) is 1. The van der Waals surface area contributed by atoms with Crippen molar-refractivity contribution >= 4 is 17.3 Å². The Morgan fingerprint density at radius 1 is 1.35 bits per heavy atom. The van der Waals surface area contributed by atoms with Gasteiger partial charge in [-0.05, 0) is 37.7 Å². The Kier molecular flexibility index (Phi) is 8.40. The van der Waals surface area contributed by atoms with Crippen molar-refractivity contribution < 1.29 is 13.5 Å². The topological polar surface area (TPSA) is 59.4 Å². The first-order valence-corrected chi connectivity index (χ1v) is 11.0. The van der Waals surface area contributed by atoms with E-state index in [9.17, 15) is 13.6 Å². The van der Waals surface area contributed by atoms with E-state index in [1.54, 1.807) is 6.20 Å². The summed E-state index contributed by atoms with van der Waals surface area (Å²) in [5.41, 5.74) is 0.105. The van der Waals surface area contributed by atoms with Gasteiger partial charge in [0.05, 0.1) is 24.5 Å². The van der Waals surface area contributed by atoms with Gasteiger partial charge in [-0.25, -0.2) is 13.5 Å². The van der Waals surface area contributed by atoms with Crippen LogP contribution in [-0.4, -0.2) is 54.1 Å². The van der Waals surface area contributed by atoms with Gasteiger partial charge in [0.15, 0.2) is 0 Å². The highest BCUT2D eigenvalue weighted by Gasteiger charge is 2.25. The monoisotopic (exact) mass is 454 g/mol. The highest BCUT2D eigenvalue weighted by Crippen LogP contribution is 2.26. The van der Waals surface area contributed by atoms with Crippen molar-refractivity contribution in [1.82, 2.24) is 14.7 Å². The lowest BCUT2D eigenvalue weighted by Crippen LogP contribution is -2.39. The first-order chi connectivity index (χ1) is 14.9. The van der Waals surface area contributed by atoms with Crippen LogP contribution < -0.4 is 10.9 Å². The minimum atomic E-state index is -0.799. The molecule has 31 heavy (non-hydrogen) atoms. The molecule has 1 atom stereocenters. The maximum absolute atomic E-state index is 13.8. The summed E-state index contributed by atoms with van der Waals surface area (Å²) >= 11 is 6.33. The number of ether oxygens (including phenoxy) is 1. The van der Waals surface area contributed by atoms with E-state index in [0.29, 0.717) is 50.7 Å². The zero-order valence-electron chi connectivity index (χ0n) is 17.6. The smallest absolute Gasteiger partial charge is 0.287 e. The molecule has 1 aromatic heterocycles. The van der Waals surface area contributed by atoms with Crippen LogP contribution in [0.5, 0.6) is 0 Å². The van der Waals surface area contributed by atoms with Gasteiger partial charge in [-0.2, -0.15) is 5.10 Å². The van der Waals surface area contributed by atoms with Gasteiger partial charge in [-0.15, -0.1) is 0 Å². The van der Waals surface area contributed by atoms with Gasteiger partial charge in [-0.3, -0.25) is 9.69 Å². The van der Waals surface area contributed by atoms with Gasteiger partial charge in [0.1, 0.15) is 16.7 Å². The molecule has 0 spiro atoms. The highest BCUT2D eigenvalue weighted by atomic mass is 35.5. The summed E-state index contributed by atoms with van der Waals surface area (Å²) in [6.45, 7) is 9.98. The van der Waals surface area contributed by atoms with E-state index in [-0.39, 0.29) is 28.7 Å². The fourth-order valence-electron chi connectivity index (χ4n) is 4.01. The molecule has 2 saturated heterocycles. The molecule has 1 N–H and O–H groups in total. The Morgan fingerprint density at radius 2 is 2.10 bits per heavy atom. The number of allylic oxidation sites excluding steroid dienone is 2. The Bertz CT molecular complexity index is 888. The van der Waals surface area contributed by atoms with E-state index in [0.717, 1.165) is 25.5 Å². The first-order valence-electron chi connectivity index (χ1n) is 10.6. The molecule has 3 rings (SSSR count). The Labute approximate surface area is 186 Å². The number of hydrogen-bond acceptors (Lipinski definition) is 5. The fraction of sp³-hybridized carbons (Fsp3) is 0.545. The summed E-state index contributed by atoms with van der Waals surface area (Å²) < 4.78 is 34.3. The number of likely N-dealkylation sites (tertiary alicyclic amines) is 1. The summed E-state index contributed by atoms with van der Waals surface area (Å²) in [6.07, 6.45) is 5.93. The molecule has 9 heteroatoms. The van der Waals surface area contributed by atoms with Crippen LogP contribution in [0, 0.1) is 5.92 Å². The van der Waals surface area contributed by atoms with E-state index in [4.69, 9.17) is 16.3 Å². The van der Waals surface area contributed by atoms with Crippen LogP contribution in [0.4, 0.5) is 14.5 Å². The molecule has 6 nitrogen and oxygen atoms in total. The van der Waals surface area contributed by atoms with Crippen molar-refractivity contribution in [3.05, 3.63) is 58.0 Å². The Balaban J connectivity index is 1.60. The van der Waals surface area contributed by atoms with Crippen LogP contribution >= 0.6 is 11.6 Å². The minimum Gasteiger partial charge on any atom is -0.382 e. The molecule has 3 heterocycles. The summed E-state index contributed by atoms with van der Waals surface area (Å²) in [7, 11) is 0. The number of nitrogens with zero attached hydrogens (tertiary/aromatic N) is 3. The van der Waals surface area contributed by atoms with Gasteiger partial charge in [-0.1, -0.05) is 24.8 Å². The van der Waals surface area contributed by atoms with E-state index < -0.39 is 11.7 Å². The third-order valence-corrected chi connectivity index (χ3v) is 6.22. The van der Waals surface area contributed by atoms with Crippen LogP contribution in [-0.2, 0) is 4.74 Å². The number of aromatic nitrogens is 2. The van der Waals surface area contributed by atoms with Crippen molar-refractivity contribution in [3.63, 3.8) is 0 Å².